The Bertz CT molecular complexity index is 1710. The lowest BCUT2D eigenvalue weighted by Crippen LogP contribution is -2.59. The average molecular weight is 776 g/mol. The molecular weight excluding hydrogens is 728 g/mol. The summed E-state index contributed by atoms with van der Waals surface area (Å²) in [6.07, 6.45) is -2.86. The fourth-order valence-corrected chi connectivity index (χ4v) is 8.29. The summed E-state index contributed by atoms with van der Waals surface area (Å²) in [4.78, 5) is 41.1. The van der Waals surface area contributed by atoms with E-state index in [1.807, 2.05) is 47.1 Å². The molecule has 3 aromatic rings. The number of ether oxygens (including phenoxy) is 2. The number of carbonyl (C=O) groups is 2. The van der Waals surface area contributed by atoms with Crippen LogP contribution in [0.15, 0.2) is 60.9 Å². The van der Waals surface area contributed by atoms with Gasteiger partial charge in [0.2, 0.25) is 11.9 Å². The highest BCUT2D eigenvalue weighted by Crippen LogP contribution is 2.39. The summed E-state index contributed by atoms with van der Waals surface area (Å²) in [7, 11) is 0. The lowest BCUT2D eigenvalue weighted by Gasteiger charge is -2.49. The van der Waals surface area contributed by atoms with Crippen molar-refractivity contribution >= 4 is 23.5 Å². The number of hydrogen-bond acceptors (Lipinski definition) is 8. The molecule has 0 spiro atoms. The van der Waals surface area contributed by atoms with Crippen molar-refractivity contribution in [1.82, 2.24) is 14.9 Å². The van der Waals surface area contributed by atoms with E-state index >= 15 is 0 Å². The molecule has 298 valence electrons. The number of piperidine rings is 1. The number of carbonyl (C=O) groups excluding carboxylic acids is 2. The molecule has 9 nitrogen and oxygen atoms in total. The van der Waals surface area contributed by atoms with Gasteiger partial charge in [-0.05, 0) is 80.7 Å². The molecule has 6 rings (SSSR count). The fraction of sp³-hybridized carbons (Fsp3) is 0.550. The van der Waals surface area contributed by atoms with Crippen LogP contribution in [0.5, 0.6) is 0 Å². The number of alkyl halides is 6. The standard InChI is InChI=1S/C40H47F6N5O4/c1-3-32-21-33(22-34(19-27-7-5-4-6-8-27)51(32)37(53)29-9-11-36(12-10-29)55-26(2)52)50(38-47-23-35(24-48-38)49-13-15-54-16-14-49)25-28-17-30(39(41,42)43)20-31(18-28)40(44,45)46/h4-8,17-18,20,23-24,29,32-34,36H,3,9-16,19,21-22,25H2,1-2H3. The van der Waals surface area contributed by atoms with Crippen LogP contribution in [0.2, 0.25) is 0 Å². The number of hydrogen-bond donors (Lipinski definition) is 0. The summed E-state index contributed by atoms with van der Waals surface area (Å²) in [5.74, 6) is -0.439. The number of aromatic nitrogens is 2. The van der Waals surface area contributed by atoms with Gasteiger partial charge in [-0.2, -0.15) is 26.3 Å². The highest BCUT2D eigenvalue weighted by Gasteiger charge is 2.44. The number of amides is 1. The Kier molecular flexibility index (Phi) is 12.6. The topological polar surface area (TPSA) is 88.1 Å². The van der Waals surface area contributed by atoms with Gasteiger partial charge in [0.05, 0.1) is 42.4 Å². The molecule has 2 aromatic carbocycles. The van der Waals surface area contributed by atoms with Gasteiger partial charge in [-0.25, -0.2) is 9.97 Å². The number of nitrogens with zero attached hydrogens (tertiary/aromatic N) is 5. The van der Waals surface area contributed by atoms with Crippen molar-refractivity contribution in [3.8, 4) is 0 Å². The number of esters is 1. The zero-order valence-electron chi connectivity index (χ0n) is 31.0. The maximum absolute atomic E-state index is 14.5. The molecule has 0 N–H and O–H groups in total. The van der Waals surface area contributed by atoms with E-state index in [9.17, 15) is 35.9 Å². The van der Waals surface area contributed by atoms with E-state index in [0.717, 1.165) is 23.4 Å². The third kappa shape index (κ3) is 10.1. The molecule has 15 heteroatoms. The van der Waals surface area contributed by atoms with Crippen molar-refractivity contribution in [3.63, 3.8) is 0 Å². The summed E-state index contributed by atoms with van der Waals surface area (Å²) in [5.41, 5.74) is -1.25. The van der Waals surface area contributed by atoms with E-state index in [1.165, 1.54) is 6.92 Å². The lowest BCUT2D eigenvalue weighted by atomic mass is 9.81. The molecule has 2 saturated heterocycles. The molecule has 3 unspecified atom stereocenters. The number of benzene rings is 2. The fourth-order valence-electron chi connectivity index (χ4n) is 8.29. The van der Waals surface area contributed by atoms with Crippen LogP contribution in [0.3, 0.4) is 0 Å². The number of anilines is 2. The molecule has 1 aliphatic carbocycles. The van der Waals surface area contributed by atoms with Crippen molar-refractivity contribution in [1.29, 1.82) is 0 Å². The van der Waals surface area contributed by atoms with Gasteiger partial charge in [-0.15, -0.1) is 0 Å². The SMILES string of the molecule is CCC1CC(N(Cc2cc(C(F)(F)F)cc(C(F)(F)F)c2)c2ncc(N3CCOCC3)cn2)CC(Cc2ccccc2)N1C(=O)C1CCC(OC(C)=O)CC1. The van der Waals surface area contributed by atoms with Crippen LogP contribution in [-0.4, -0.2) is 77.3 Å². The first-order valence-electron chi connectivity index (χ1n) is 18.9. The van der Waals surface area contributed by atoms with Gasteiger partial charge in [0, 0.05) is 50.6 Å². The van der Waals surface area contributed by atoms with E-state index in [0.29, 0.717) is 77.7 Å². The molecule has 1 amide bonds. The average Bonchev–Trinajstić information content (AvgIpc) is 3.16. The quantitative estimate of drug-likeness (QED) is 0.152. The van der Waals surface area contributed by atoms with E-state index in [-0.39, 0.29) is 60.1 Å². The van der Waals surface area contributed by atoms with Crippen molar-refractivity contribution in [3.05, 3.63) is 83.2 Å². The highest BCUT2D eigenvalue weighted by atomic mass is 19.4. The minimum absolute atomic E-state index is 0.0119. The lowest BCUT2D eigenvalue weighted by molar-refractivity contribution is -0.151. The minimum atomic E-state index is -5.01. The molecule has 0 bridgehead atoms. The molecule has 1 saturated carbocycles. The Morgan fingerprint density at radius 3 is 2.02 bits per heavy atom. The molecule has 0 radical (unpaired) electrons. The molecule has 3 atom stereocenters. The second-order valence-electron chi connectivity index (χ2n) is 14.7. The number of morpholine rings is 1. The second kappa shape index (κ2) is 17.2. The van der Waals surface area contributed by atoms with E-state index in [4.69, 9.17) is 9.47 Å². The molecule has 3 heterocycles. The summed E-state index contributed by atoms with van der Waals surface area (Å²) in [5, 5.41) is 0. The minimum Gasteiger partial charge on any atom is -0.463 e. The monoisotopic (exact) mass is 775 g/mol. The Labute approximate surface area is 317 Å². The Morgan fingerprint density at radius 2 is 1.45 bits per heavy atom. The second-order valence-corrected chi connectivity index (χ2v) is 14.7. The van der Waals surface area contributed by atoms with Crippen LogP contribution in [-0.2, 0) is 44.4 Å². The van der Waals surface area contributed by atoms with Crippen LogP contribution in [0.25, 0.3) is 0 Å². The zero-order chi connectivity index (χ0) is 39.3. The Hall–Kier alpha value is -4.40. The largest absolute Gasteiger partial charge is 0.463 e. The first-order chi connectivity index (χ1) is 26.2. The molecule has 2 aliphatic heterocycles. The van der Waals surface area contributed by atoms with E-state index < -0.39 is 29.5 Å². The van der Waals surface area contributed by atoms with Crippen molar-refractivity contribution in [2.75, 3.05) is 36.1 Å². The van der Waals surface area contributed by atoms with Gasteiger partial charge in [0.1, 0.15) is 6.10 Å². The molecule has 3 fully saturated rings. The zero-order valence-corrected chi connectivity index (χ0v) is 31.0. The summed E-state index contributed by atoms with van der Waals surface area (Å²) < 4.78 is 94.9. The van der Waals surface area contributed by atoms with Crippen LogP contribution >= 0.6 is 0 Å². The van der Waals surface area contributed by atoms with Crippen molar-refractivity contribution in [2.24, 2.45) is 5.92 Å². The highest BCUT2D eigenvalue weighted by molar-refractivity contribution is 5.80. The predicted octanol–water partition coefficient (Wildman–Crippen LogP) is 7.86. The van der Waals surface area contributed by atoms with Crippen LogP contribution < -0.4 is 9.80 Å². The molecule has 3 aliphatic rings. The maximum Gasteiger partial charge on any atom is 0.416 e. The summed E-state index contributed by atoms with van der Waals surface area (Å²) in [6, 6.07) is 10.3. The third-order valence-corrected chi connectivity index (χ3v) is 11.0. The first-order valence-corrected chi connectivity index (χ1v) is 18.9. The first kappa shape index (κ1) is 40.3. The smallest absolute Gasteiger partial charge is 0.416 e. The Balaban J connectivity index is 1.36. The van der Waals surface area contributed by atoms with Gasteiger partial charge >= 0.3 is 18.3 Å². The van der Waals surface area contributed by atoms with Gasteiger partial charge in [-0.3, -0.25) is 9.59 Å². The Morgan fingerprint density at radius 1 is 0.855 bits per heavy atom. The van der Waals surface area contributed by atoms with Gasteiger partial charge < -0.3 is 24.2 Å². The van der Waals surface area contributed by atoms with Gasteiger partial charge in [0.25, 0.3) is 0 Å². The predicted molar refractivity (Wildman–Crippen MR) is 193 cm³/mol. The van der Waals surface area contributed by atoms with Crippen LogP contribution in [0, 0.1) is 5.92 Å². The van der Waals surface area contributed by atoms with Gasteiger partial charge in [0.15, 0.2) is 0 Å². The van der Waals surface area contributed by atoms with E-state index in [2.05, 4.69) is 9.97 Å². The summed E-state index contributed by atoms with van der Waals surface area (Å²) in [6.45, 7) is 5.31. The van der Waals surface area contributed by atoms with Crippen LogP contribution in [0.1, 0.15) is 81.0 Å². The number of rotatable bonds is 10. The van der Waals surface area contributed by atoms with Gasteiger partial charge in [-0.1, -0.05) is 37.3 Å². The van der Waals surface area contributed by atoms with Crippen molar-refractivity contribution < 1.29 is 45.4 Å². The third-order valence-electron chi connectivity index (χ3n) is 11.0. The molecular formula is C40H47F6N5O4. The van der Waals surface area contributed by atoms with Crippen LogP contribution in [0.4, 0.5) is 38.0 Å². The number of likely N-dealkylation sites (tertiary alicyclic amines) is 1. The summed E-state index contributed by atoms with van der Waals surface area (Å²) >= 11 is 0. The number of halogens is 6. The normalized spacial score (nSPS) is 23.7. The molecule has 55 heavy (non-hydrogen) atoms. The molecule has 1 aromatic heterocycles. The van der Waals surface area contributed by atoms with E-state index in [1.54, 1.807) is 17.3 Å². The van der Waals surface area contributed by atoms with Crippen molar-refractivity contribution in [2.45, 2.75) is 108 Å². The maximum atomic E-state index is 14.5.